The molecule has 0 aliphatic carbocycles. The molecule has 3 N–H and O–H groups in total. The van der Waals surface area contributed by atoms with E-state index in [0.29, 0.717) is 41.2 Å². The summed E-state index contributed by atoms with van der Waals surface area (Å²) in [6.07, 6.45) is -1.60. The third kappa shape index (κ3) is 3.33. The van der Waals surface area contributed by atoms with Gasteiger partial charge in [0.2, 0.25) is 0 Å². The second kappa shape index (κ2) is 7.16. The Morgan fingerprint density at radius 1 is 1.32 bits per heavy atom. The fraction of sp³-hybridized carbons (Fsp3) is 0.444. The number of halogens is 1. The Bertz CT molecular complexity index is 1010. The van der Waals surface area contributed by atoms with Crippen molar-refractivity contribution in [1.82, 2.24) is 15.0 Å². The number of ether oxygens (including phenoxy) is 3. The van der Waals surface area contributed by atoms with Crippen LogP contribution in [0.3, 0.4) is 0 Å². The van der Waals surface area contributed by atoms with Crippen molar-refractivity contribution in [2.45, 2.75) is 37.9 Å². The van der Waals surface area contributed by atoms with E-state index in [2.05, 4.69) is 39.3 Å². The fourth-order valence-electron chi connectivity index (χ4n) is 3.51. The van der Waals surface area contributed by atoms with Crippen LogP contribution >= 0.6 is 22.9 Å². The van der Waals surface area contributed by atoms with Crippen LogP contribution in [0.5, 0.6) is 6.01 Å². The van der Waals surface area contributed by atoms with Crippen molar-refractivity contribution in [3.05, 3.63) is 33.0 Å². The third-order valence-corrected chi connectivity index (χ3v) is 6.16. The van der Waals surface area contributed by atoms with Gasteiger partial charge in [-0.3, -0.25) is 0 Å². The van der Waals surface area contributed by atoms with E-state index in [4.69, 9.17) is 25.8 Å². The second-order valence-corrected chi connectivity index (χ2v) is 8.70. The average molecular weight is 423 g/mol. The molecule has 0 radical (unpaired) electrons. The van der Waals surface area contributed by atoms with Gasteiger partial charge in [-0.1, -0.05) is 11.6 Å². The van der Waals surface area contributed by atoms with Crippen LogP contribution in [0.15, 0.2) is 18.2 Å². The maximum atomic E-state index is 9.83. The number of rotatable bonds is 5. The lowest BCUT2D eigenvalue weighted by Gasteiger charge is -2.15. The number of aryl methyl sites for hydroxylation is 1. The van der Waals surface area contributed by atoms with Gasteiger partial charge in [0.15, 0.2) is 11.8 Å². The van der Waals surface area contributed by atoms with Crippen molar-refractivity contribution < 1.29 is 19.3 Å². The Kier molecular flexibility index (Phi) is 4.64. The molecule has 2 aliphatic rings. The Balaban J connectivity index is 1.32. The molecule has 0 amide bonds. The SMILES string of the molecule is Cc1ccc(CNc2nc3nc(O[C@@H]4CO[C@H]5[C@@H]4OC[C@H]5O)[nH]c3cc2Cl)s1. The van der Waals surface area contributed by atoms with Gasteiger partial charge in [-0.25, -0.2) is 4.98 Å². The van der Waals surface area contributed by atoms with Gasteiger partial charge in [0.25, 0.3) is 6.01 Å². The average Bonchev–Trinajstić information content (AvgIpc) is 3.41. The number of nitrogens with zero attached hydrogens (tertiary/aromatic N) is 2. The lowest BCUT2D eigenvalue weighted by Crippen LogP contribution is -2.34. The Labute approximate surface area is 169 Å². The summed E-state index contributed by atoms with van der Waals surface area (Å²) in [6, 6.07) is 6.26. The van der Waals surface area contributed by atoms with Crippen LogP contribution in [0.4, 0.5) is 5.82 Å². The molecule has 2 fully saturated rings. The highest BCUT2D eigenvalue weighted by molar-refractivity contribution is 7.11. The summed E-state index contributed by atoms with van der Waals surface area (Å²) in [5, 5.41) is 13.6. The fourth-order valence-corrected chi connectivity index (χ4v) is 4.56. The molecule has 8 nitrogen and oxygen atoms in total. The molecule has 0 saturated carbocycles. The summed E-state index contributed by atoms with van der Waals surface area (Å²) in [7, 11) is 0. The Morgan fingerprint density at radius 3 is 3.00 bits per heavy atom. The van der Waals surface area contributed by atoms with Crippen molar-refractivity contribution >= 4 is 39.9 Å². The van der Waals surface area contributed by atoms with E-state index in [1.807, 2.05) is 0 Å². The summed E-state index contributed by atoms with van der Waals surface area (Å²) in [4.78, 5) is 14.5. The van der Waals surface area contributed by atoms with Gasteiger partial charge < -0.3 is 29.6 Å². The molecule has 10 heteroatoms. The van der Waals surface area contributed by atoms with Crippen molar-refractivity contribution in [2.75, 3.05) is 18.5 Å². The van der Waals surface area contributed by atoms with Crippen LogP contribution in [-0.2, 0) is 16.0 Å². The monoisotopic (exact) mass is 422 g/mol. The number of H-pyrrole nitrogens is 1. The molecular formula is C18H19ClN4O4S. The normalized spacial score (nSPS) is 26.7. The number of aliphatic hydroxyl groups is 1. The number of imidazole rings is 1. The van der Waals surface area contributed by atoms with E-state index in [-0.39, 0.29) is 24.9 Å². The van der Waals surface area contributed by atoms with Gasteiger partial charge in [0.05, 0.1) is 30.3 Å². The molecule has 5 heterocycles. The molecule has 0 aromatic carbocycles. The van der Waals surface area contributed by atoms with Crippen LogP contribution in [0.2, 0.25) is 5.02 Å². The van der Waals surface area contributed by atoms with Crippen molar-refractivity contribution in [1.29, 1.82) is 0 Å². The first kappa shape index (κ1) is 18.1. The number of aromatic nitrogens is 3. The number of hydrogen-bond donors (Lipinski definition) is 3. The lowest BCUT2D eigenvalue weighted by molar-refractivity contribution is 0.00706. The number of aromatic amines is 1. The number of pyridine rings is 1. The summed E-state index contributed by atoms with van der Waals surface area (Å²) >= 11 is 8.09. The van der Waals surface area contributed by atoms with Crippen LogP contribution < -0.4 is 10.1 Å². The van der Waals surface area contributed by atoms with Crippen molar-refractivity contribution in [2.24, 2.45) is 0 Å². The number of fused-ring (bicyclic) bond motifs is 2. The largest absolute Gasteiger partial charge is 0.456 e. The van der Waals surface area contributed by atoms with E-state index in [1.165, 1.54) is 9.75 Å². The Morgan fingerprint density at radius 2 is 2.18 bits per heavy atom. The quantitative estimate of drug-likeness (QED) is 0.580. The zero-order chi connectivity index (χ0) is 19.3. The van der Waals surface area contributed by atoms with Gasteiger partial charge in [-0.2, -0.15) is 4.98 Å². The molecule has 2 saturated heterocycles. The van der Waals surface area contributed by atoms with Gasteiger partial charge in [0.1, 0.15) is 24.1 Å². The summed E-state index contributed by atoms with van der Waals surface area (Å²) < 4.78 is 17.1. The zero-order valence-corrected chi connectivity index (χ0v) is 16.6. The summed E-state index contributed by atoms with van der Waals surface area (Å²) in [5.41, 5.74) is 1.19. The number of hydrogen-bond acceptors (Lipinski definition) is 8. The van der Waals surface area contributed by atoms with E-state index >= 15 is 0 Å². The minimum Gasteiger partial charge on any atom is -0.456 e. The van der Waals surface area contributed by atoms with Crippen LogP contribution in [0.25, 0.3) is 11.2 Å². The molecule has 0 unspecified atom stereocenters. The van der Waals surface area contributed by atoms with Gasteiger partial charge in [-0.05, 0) is 25.1 Å². The van der Waals surface area contributed by atoms with Gasteiger partial charge >= 0.3 is 0 Å². The van der Waals surface area contributed by atoms with Gasteiger partial charge in [0, 0.05) is 9.75 Å². The number of aliphatic hydroxyl groups excluding tert-OH is 1. The first-order valence-corrected chi connectivity index (χ1v) is 10.2. The highest BCUT2D eigenvalue weighted by atomic mass is 35.5. The third-order valence-electron chi connectivity index (χ3n) is 4.88. The molecule has 3 aromatic heterocycles. The smallest absolute Gasteiger partial charge is 0.296 e. The minimum absolute atomic E-state index is 0.255. The van der Waals surface area contributed by atoms with Crippen LogP contribution in [0.1, 0.15) is 9.75 Å². The zero-order valence-electron chi connectivity index (χ0n) is 15.0. The molecule has 0 bridgehead atoms. The van der Waals surface area contributed by atoms with E-state index in [9.17, 15) is 5.11 Å². The maximum absolute atomic E-state index is 9.83. The molecule has 4 atom stereocenters. The van der Waals surface area contributed by atoms with Gasteiger partial charge in [-0.15, -0.1) is 11.3 Å². The molecule has 2 aliphatic heterocycles. The standard InChI is InChI=1S/C18H19ClN4O4S/c1-8-2-3-9(28-8)5-20-16-10(19)4-11-17(22-16)23-18(21-11)27-13-7-26-14-12(24)6-25-15(13)14/h2-4,12-15,24H,5-7H2,1H3,(H2,20,21,22,23)/t12-,13-,14-,15-/m1/s1. The highest BCUT2D eigenvalue weighted by Gasteiger charge is 2.48. The lowest BCUT2D eigenvalue weighted by atomic mass is 10.1. The topological polar surface area (TPSA) is 102 Å². The number of thiophene rings is 1. The predicted octanol–water partition coefficient (Wildman–Crippen LogP) is 2.50. The molecule has 5 rings (SSSR count). The maximum Gasteiger partial charge on any atom is 0.296 e. The summed E-state index contributed by atoms with van der Waals surface area (Å²) in [5.74, 6) is 0.574. The summed E-state index contributed by atoms with van der Waals surface area (Å²) in [6.45, 7) is 3.31. The number of anilines is 1. The molecular weight excluding hydrogens is 404 g/mol. The molecule has 148 valence electrons. The van der Waals surface area contributed by atoms with E-state index in [1.54, 1.807) is 17.4 Å². The van der Waals surface area contributed by atoms with Crippen LogP contribution in [0, 0.1) is 6.92 Å². The highest BCUT2D eigenvalue weighted by Crippen LogP contribution is 2.31. The molecule has 3 aromatic rings. The molecule has 28 heavy (non-hydrogen) atoms. The first-order valence-electron chi connectivity index (χ1n) is 9.00. The van der Waals surface area contributed by atoms with Crippen molar-refractivity contribution in [3.8, 4) is 6.01 Å². The van der Waals surface area contributed by atoms with E-state index < -0.39 is 6.10 Å². The van der Waals surface area contributed by atoms with Crippen LogP contribution in [-0.4, -0.2) is 57.7 Å². The Hall–Kier alpha value is -1.91. The molecule has 0 spiro atoms. The van der Waals surface area contributed by atoms with E-state index in [0.717, 1.165) is 0 Å². The predicted molar refractivity (Wildman–Crippen MR) is 105 cm³/mol. The number of nitrogens with one attached hydrogen (secondary N) is 2. The van der Waals surface area contributed by atoms with Crippen molar-refractivity contribution in [3.63, 3.8) is 0 Å². The first-order chi connectivity index (χ1) is 13.6. The second-order valence-electron chi connectivity index (χ2n) is 6.92. The minimum atomic E-state index is -0.615.